The second kappa shape index (κ2) is 7.13. The first kappa shape index (κ1) is 14.7. The van der Waals surface area contributed by atoms with Crippen LogP contribution in [0.15, 0.2) is 0 Å². The van der Waals surface area contributed by atoms with Crippen molar-refractivity contribution < 1.29 is 18.1 Å². The zero-order valence-electron chi connectivity index (χ0n) is 10.4. The monoisotopic (exact) mass is 261 g/mol. The predicted octanol–water partition coefficient (Wildman–Crippen LogP) is 3.27. The van der Waals surface area contributed by atoms with Crippen molar-refractivity contribution in [3.8, 4) is 6.07 Å². The lowest BCUT2D eigenvalue weighted by Crippen LogP contribution is -2.21. The minimum Gasteiger partial charge on any atom is -0.287 e. The largest absolute Gasteiger partial charge is 0.475 e. The number of phosphoric ester groups is 1. The molecule has 6 heteroatoms. The van der Waals surface area contributed by atoms with Crippen LogP contribution in [0.5, 0.6) is 0 Å². The summed E-state index contributed by atoms with van der Waals surface area (Å²) >= 11 is 0. The van der Waals surface area contributed by atoms with Gasteiger partial charge in [-0.15, -0.1) is 0 Å². The Morgan fingerprint density at radius 3 is 2.12 bits per heavy atom. The van der Waals surface area contributed by atoms with Crippen LogP contribution < -0.4 is 0 Å². The third-order valence-electron chi connectivity index (χ3n) is 2.71. The van der Waals surface area contributed by atoms with E-state index in [9.17, 15) is 4.57 Å². The van der Waals surface area contributed by atoms with E-state index in [0.717, 1.165) is 25.7 Å². The third-order valence-corrected chi connectivity index (χ3v) is 4.41. The van der Waals surface area contributed by atoms with Crippen LogP contribution in [0.2, 0.25) is 0 Å². The summed E-state index contributed by atoms with van der Waals surface area (Å²) in [6, 6.07) is 2.25. The van der Waals surface area contributed by atoms with Crippen LogP contribution in [0, 0.1) is 17.2 Å². The van der Waals surface area contributed by atoms with Crippen LogP contribution in [0.3, 0.4) is 0 Å². The number of hydrogen-bond donors (Lipinski definition) is 0. The SMILES string of the molecule is CCOP(=O)(OCC)OC1CCC(C#N)CC1. The molecule has 1 rings (SSSR count). The summed E-state index contributed by atoms with van der Waals surface area (Å²) in [5.41, 5.74) is 0. The second-order valence-electron chi connectivity index (χ2n) is 3.99. The minimum absolute atomic E-state index is 0.105. The van der Waals surface area contributed by atoms with Crippen LogP contribution in [-0.4, -0.2) is 19.3 Å². The Bertz CT molecular complexity index is 297. The first-order chi connectivity index (χ1) is 8.13. The Hall–Kier alpha value is -0.400. The van der Waals surface area contributed by atoms with Crippen LogP contribution in [0.4, 0.5) is 0 Å². The smallest absolute Gasteiger partial charge is 0.287 e. The summed E-state index contributed by atoms with van der Waals surface area (Å²) in [5, 5.41) is 8.78. The number of phosphoric acid groups is 1. The van der Waals surface area contributed by atoms with Crippen molar-refractivity contribution in [3.05, 3.63) is 0 Å². The molecule has 1 fully saturated rings. The molecule has 1 aliphatic rings. The van der Waals surface area contributed by atoms with E-state index in [1.165, 1.54) is 0 Å². The molecule has 5 nitrogen and oxygen atoms in total. The number of nitrogens with zero attached hydrogens (tertiary/aromatic N) is 1. The van der Waals surface area contributed by atoms with Crippen LogP contribution in [0.1, 0.15) is 39.5 Å². The minimum atomic E-state index is -3.40. The van der Waals surface area contributed by atoms with Gasteiger partial charge in [0.25, 0.3) is 0 Å². The van der Waals surface area contributed by atoms with Gasteiger partial charge >= 0.3 is 7.82 Å². The molecule has 0 aromatic heterocycles. The van der Waals surface area contributed by atoms with E-state index in [4.69, 9.17) is 18.8 Å². The van der Waals surface area contributed by atoms with E-state index in [2.05, 4.69) is 6.07 Å². The van der Waals surface area contributed by atoms with Gasteiger partial charge in [-0.3, -0.25) is 13.6 Å². The van der Waals surface area contributed by atoms with Gasteiger partial charge in [-0.25, -0.2) is 4.57 Å². The molecular weight excluding hydrogens is 241 g/mol. The van der Waals surface area contributed by atoms with E-state index >= 15 is 0 Å². The fourth-order valence-electron chi connectivity index (χ4n) is 1.89. The highest BCUT2D eigenvalue weighted by atomic mass is 31.2. The molecule has 0 aliphatic heterocycles. The molecule has 0 radical (unpaired) electrons. The maximum atomic E-state index is 12.1. The fourth-order valence-corrected chi connectivity index (χ4v) is 3.30. The topological polar surface area (TPSA) is 68.6 Å². The average Bonchev–Trinajstić information content (AvgIpc) is 2.30. The van der Waals surface area contributed by atoms with Gasteiger partial charge in [0, 0.05) is 5.92 Å². The van der Waals surface area contributed by atoms with E-state index in [1.54, 1.807) is 13.8 Å². The lowest BCUT2D eigenvalue weighted by Gasteiger charge is -2.27. The van der Waals surface area contributed by atoms with Gasteiger partial charge in [0.1, 0.15) is 0 Å². The third kappa shape index (κ3) is 4.77. The zero-order chi connectivity index (χ0) is 12.7. The van der Waals surface area contributed by atoms with Crippen molar-refractivity contribution in [1.29, 1.82) is 5.26 Å². The van der Waals surface area contributed by atoms with Gasteiger partial charge in [0.2, 0.25) is 0 Å². The molecule has 0 saturated heterocycles. The summed E-state index contributed by atoms with van der Waals surface area (Å²) < 4.78 is 27.7. The second-order valence-corrected chi connectivity index (χ2v) is 5.61. The van der Waals surface area contributed by atoms with Gasteiger partial charge in [-0.05, 0) is 39.5 Å². The summed E-state index contributed by atoms with van der Waals surface area (Å²) in [6.07, 6.45) is 2.94. The molecule has 0 amide bonds. The van der Waals surface area contributed by atoms with Crippen molar-refractivity contribution in [3.63, 3.8) is 0 Å². The van der Waals surface area contributed by atoms with Gasteiger partial charge in [0.05, 0.1) is 25.4 Å². The highest BCUT2D eigenvalue weighted by Gasteiger charge is 2.32. The van der Waals surface area contributed by atoms with Gasteiger partial charge in [-0.2, -0.15) is 5.26 Å². The Labute approximate surface area is 103 Å². The zero-order valence-corrected chi connectivity index (χ0v) is 11.3. The van der Waals surface area contributed by atoms with Crippen LogP contribution in [0.25, 0.3) is 0 Å². The Morgan fingerprint density at radius 2 is 1.71 bits per heavy atom. The van der Waals surface area contributed by atoms with Gasteiger partial charge < -0.3 is 0 Å². The molecule has 0 unspecified atom stereocenters. The number of hydrogen-bond acceptors (Lipinski definition) is 5. The maximum absolute atomic E-state index is 12.1. The Morgan fingerprint density at radius 1 is 1.18 bits per heavy atom. The molecule has 1 saturated carbocycles. The standard InChI is InChI=1S/C11H20NO4P/c1-3-14-17(13,15-4-2)16-11-7-5-10(9-12)6-8-11/h10-11H,3-8H2,1-2H3. The fraction of sp³-hybridized carbons (Fsp3) is 0.909. The van der Waals surface area contributed by atoms with Crippen LogP contribution in [-0.2, 0) is 18.1 Å². The van der Waals surface area contributed by atoms with Crippen molar-refractivity contribution in [2.24, 2.45) is 5.92 Å². The first-order valence-electron chi connectivity index (χ1n) is 6.10. The quantitative estimate of drug-likeness (QED) is 0.686. The summed E-state index contributed by atoms with van der Waals surface area (Å²) in [7, 11) is -3.40. The van der Waals surface area contributed by atoms with Crippen molar-refractivity contribution in [2.75, 3.05) is 13.2 Å². The molecule has 0 bridgehead atoms. The van der Waals surface area contributed by atoms with Crippen LogP contribution >= 0.6 is 7.82 Å². The van der Waals surface area contributed by atoms with Gasteiger partial charge in [0.15, 0.2) is 0 Å². The average molecular weight is 261 g/mol. The number of rotatable bonds is 6. The van der Waals surface area contributed by atoms with Gasteiger partial charge in [-0.1, -0.05) is 0 Å². The first-order valence-corrected chi connectivity index (χ1v) is 7.56. The van der Waals surface area contributed by atoms with Crippen molar-refractivity contribution >= 4 is 7.82 Å². The molecule has 0 aromatic rings. The highest BCUT2D eigenvalue weighted by Crippen LogP contribution is 2.52. The molecule has 0 aromatic carbocycles. The predicted molar refractivity (Wildman–Crippen MR) is 63.3 cm³/mol. The Balaban J connectivity index is 2.46. The summed E-state index contributed by atoms with van der Waals surface area (Å²) in [5.74, 6) is 0.105. The Kier molecular flexibility index (Phi) is 6.15. The molecule has 1 aliphatic carbocycles. The molecule has 0 atom stereocenters. The molecular formula is C11H20NO4P. The molecule has 17 heavy (non-hydrogen) atoms. The van der Waals surface area contributed by atoms with Crippen molar-refractivity contribution in [1.82, 2.24) is 0 Å². The van der Waals surface area contributed by atoms with E-state index in [0.29, 0.717) is 13.2 Å². The summed E-state index contributed by atoms with van der Waals surface area (Å²) in [6.45, 7) is 4.10. The van der Waals surface area contributed by atoms with E-state index in [-0.39, 0.29) is 12.0 Å². The lowest BCUT2D eigenvalue weighted by atomic mass is 9.89. The summed E-state index contributed by atoms with van der Waals surface area (Å²) in [4.78, 5) is 0. The molecule has 0 spiro atoms. The lowest BCUT2D eigenvalue weighted by molar-refractivity contribution is 0.0618. The van der Waals surface area contributed by atoms with E-state index < -0.39 is 7.82 Å². The molecule has 0 heterocycles. The van der Waals surface area contributed by atoms with E-state index in [1.807, 2.05) is 0 Å². The number of nitriles is 1. The molecule has 98 valence electrons. The normalized spacial score (nSPS) is 25.5. The highest BCUT2D eigenvalue weighted by molar-refractivity contribution is 7.48. The van der Waals surface area contributed by atoms with Crippen molar-refractivity contribution in [2.45, 2.75) is 45.6 Å². The molecule has 0 N–H and O–H groups in total. The maximum Gasteiger partial charge on any atom is 0.475 e.